The minimum Gasteiger partial charge on any atom is -0.380 e. The molecule has 4 nitrogen and oxygen atoms in total. The molecule has 1 aromatic carbocycles. The van der Waals surface area contributed by atoms with Crippen molar-refractivity contribution in [2.24, 2.45) is 0 Å². The number of anilines is 1. The van der Waals surface area contributed by atoms with Gasteiger partial charge in [0.1, 0.15) is 0 Å². The van der Waals surface area contributed by atoms with Gasteiger partial charge >= 0.3 is 0 Å². The Balaban J connectivity index is 1.74. The van der Waals surface area contributed by atoms with Crippen LogP contribution in [0.1, 0.15) is 0 Å². The monoisotopic (exact) mass is 214 g/mol. The molecular weight excluding hydrogens is 200 g/mol. The second-order valence-corrected chi connectivity index (χ2v) is 4.00. The maximum atomic E-state index is 4.19. The van der Waals surface area contributed by atoms with Gasteiger partial charge in [0.05, 0.1) is 11.7 Å². The van der Waals surface area contributed by atoms with Crippen LogP contribution in [0.15, 0.2) is 42.7 Å². The van der Waals surface area contributed by atoms with E-state index in [1.165, 1.54) is 5.69 Å². The molecule has 82 valence electrons. The third-order valence-corrected chi connectivity index (χ3v) is 2.79. The van der Waals surface area contributed by atoms with Gasteiger partial charge in [0, 0.05) is 31.2 Å². The molecule has 0 bridgehead atoms. The Hall–Kier alpha value is -1.81. The van der Waals surface area contributed by atoms with Crippen LogP contribution in [0.2, 0.25) is 0 Å². The van der Waals surface area contributed by atoms with E-state index >= 15 is 0 Å². The molecule has 16 heavy (non-hydrogen) atoms. The summed E-state index contributed by atoms with van der Waals surface area (Å²) in [6.07, 6.45) is 3.73. The Morgan fingerprint density at radius 2 is 2.06 bits per heavy atom. The van der Waals surface area contributed by atoms with E-state index < -0.39 is 0 Å². The Kier molecular flexibility index (Phi) is 2.34. The molecule has 3 rings (SSSR count). The first-order chi connectivity index (χ1) is 7.92. The van der Waals surface area contributed by atoms with E-state index in [0.717, 1.165) is 18.8 Å². The molecule has 1 aliphatic rings. The van der Waals surface area contributed by atoms with Crippen molar-refractivity contribution in [2.45, 2.75) is 6.04 Å². The Morgan fingerprint density at radius 1 is 1.25 bits per heavy atom. The SMILES string of the molecule is c1cnn(-c2ccc(NC3CNC3)cc2)c1. The van der Waals surface area contributed by atoms with E-state index in [1.807, 2.05) is 16.9 Å². The van der Waals surface area contributed by atoms with Gasteiger partial charge in [-0.15, -0.1) is 0 Å². The van der Waals surface area contributed by atoms with Gasteiger partial charge in [-0.3, -0.25) is 0 Å². The van der Waals surface area contributed by atoms with E-state index in [9.17, 15) is 0 Å². The van der Waals surface area contributed by atoms with Crippen LogP contribution < -0.4 is 10.6 Å². The lowest BCUT2D eigenvalue weighted by atomic mass is 10.1. The zero-order chi connectivity index (χ0) is 10.8. The lowest BCUT2D eigenvalue weighted by Gasteiger charge is -2.29. The average molecular weight is 214 g/mol. The van der Waals surface area contributed by atoms with Gasteiger partial charge in [0.2, 0.25) is 0 Å². The summed E-state index contributed by atoms with van der Waals surface area (Å²) in [6, 6.07) is 10.8. The summed E-state index contributed by atoms with van der Waals surface area (Å²) in [5.41, 5.74) is 2.25. The first-order valence-electron chi connectivity index (χ1n) is 5.49. The Morgan fingerprint density at radius 3 is 2.62 bits per heavy atom. The van der Waals surface area contributed by atoms with Crippen molar-refractivity contribution in [3.63, 3.8) is 0 Å². The van der Waals surface area contributed by atoms with Crippen molar-refractivity contribution in [1.29, 1.82) is 0 Å². The predicted molar refractivity (Wildman–Crippen MR) is 63.8 cm³/mol. The summed E-state index contributed by atoms with van der Waals surface area (Å²) in [4.78, 5) is 0. The lowest BCUT2D eigenvalue weighted by molar-refractivity contribution is 0.472. The number of rotatable bonds is 3. The van der Waals surface area contributed by atoms with Gasteiger partial charge in [-0.25, -0.2) is 4.68 Å². The molecule has 1 aliphatic heterocycles. The van der Waals surface area contributed by atoms with Crippen molar-refractivity contribution in [1.82, 2.24) is 15.1 Å². The minimum absolute atomic E-state index is 0.579. The molecule has 1 saturated heterocycles. The summed E-state index contributed by atoms with van der Waals surface area (Å²) < 4.78 is 1.86. The standard InChI is InChI=1S/C12H14N4/c1-6-14-16(7-1)12-4-2-10(3-5-12)15-11-8-13-9-11/h1-7,11,13,15H,8-9H2. The zero-order valence-corrected chi connectivity index (χ0v) is 8.93. The smallest absolute Gasteiger partial charge is 0.0647 e. The number of hydrogen-bond donors (Lipinski definition) is 2. The van der Waals surface area contributed by atoms with Gasteiger partial charge in [-0.1, -0.05) is 0 Å². The molecule has 2 aromatic rings. The van der Waals surface area contributed by atoms with E-state index in [2.05, 4.69) is 40.0 Å². The molecule has 0 aliphatic carbocycles. The molecule has 0 spiro atoms. The molecule has 1 fully saturated rings. The molecule has 0 amide bonds. The molecular formula is C12H14N4. The highest BCUT2D eigenvalue weighted by atomic mass is 15.3. The normalized spacial score (nSPS) is 15.8. The summed E-state index contributed by atoms with van der Waals surface area (Å²) in [5.74, 6) is 0. The molecule has 2 N–H and O–H groups in total. The van der Waals surface area contributed by atoms with Crippen molar-refractivity contribution in [2.75, 3.05) is 18.4 Å². The van der Waals surface area contributed by atoms with Gasteiger partial charge in [0.25, 0.3) is 0 Å². The fraction of sp³-hybridized carbons (Fsp3) is 0.250. The van der Waals surface area contributed by atoms with Crippen molar-refractivity contribution >= 4 is 5.69 Å². The van der Waals surface area contributed by atoms with Crippen molar-refractivity contribution < 1.29 is 0 Å². The van der Waals surface area contributed by atoms with Gasteiger partial charge < -0.3 is 10.6 Å². The molecule has 0 radical (unpaired) electrons. The summed E-state index contributed by atoms with van der Waals surface area (Å²) in [5, 5.41) is 10.9. The summed E-state index contributed by atoms with van der Waals surface area (Å²) in [6.45, 7) is 2.11. The summed E-state index contributed by atoms with van der Waals surface area (Å²) in [7, 11) is 0. The maximum Gasteiger partial charge on any atom is 0.0647 e. The van der Waals surface area contributed by atoms with Gasteiger partial charge in [0.15, 0.2) is 0 Å². The second-order valence-electron chi connectivity index (χ2n) is 4.00. The van der Waals surface area contributed by atoms with Crippen LogP contribution in [0, 0.1) is 0 Å². The number of nitrogens with one attached hydrogen (secondary N) is 2. The summed E-state index contributed by atoms with van der Waals surface area (Å²) >= 11 is 0. The molecule has 1 aromatic heterocycles. The molecule has 0 atom stereocenters. The highest BCUT2D eigenvalue weighted by Gasteiger charge is 2.15. The van der Waals surface area contributed by atoms with Crippen LogP contribution >= 0.6 is 0 Å². The van der Waals surface area contributed by atoms with Crippen molar-refractivity contribution in [3.05, 3.63) is 42.7 Å². The van der Waals surface area contributed by atoms with E-state index in [1.54, 1.807) is 6.20 Å². The molecule has 4 heteroatoms. The fourth-order valence-electron chi connectivity index (χ4n) is 1.76. The molecule has 0 saturated carbocycles. The van der Waals surface area contributed by atoms with Crippen LogP contribution in [0.25, 0.3) is 5.69 Å². The largest absolute Gasteiger partial charge is 0.380 e. The molecule has 0 unspecified atom stereocenters. The first-order valence-corrected chi connectivity index (χ1v) is 5.49. The predicted octanol–water partition coefficient (Wildman–Crippen LogP) is 1.26. The molecule has 2 heterocycles. The topological polar surface area (TPSA) is 41.9 Å². The van der Waals surface area contributed by atoms with Gasteiger partial charge in [-0.2, -0.15) is 5.10 Å². The minimum atomic E-state index is 0.579. The Bertz CT molecular complexity index is 442. The average Bonchev–Trinajstić information content (AvgIpc) is 2.78. The number of benzene rings is 1. The van der Waals surface area contributed by atoms with Crippen LogP contribution in [-0.2, 0) is 0 Å². The second kappa shape index (κ2) is 3.98. The highest BCUT2D eigenvalue weighted by Crippen LogP contribution is 2.14. The van der Waals surface area contributed by atoms with E-state index in [0.29, 0.717) is 6.04 Å². The highest BCUT2D eigenvalue weighted by molar-refractivity contribution is 5.49. The van der Waals surface area contributed by atoms with Crippen LogP contribution in [0.4, 0.5) is 5.69 Å². The Labute approximate surface area is 94.3 Å². The lowest BCUT2D eigenvalue weighted by Crippen LogP contribution is -2.51. The van der Waals surface area contributed by atoms with Crippen LogP contribution in [0.5, 0.6) is 0 Å². The van der Waals surface area contributed by atoms with E-state index in [-0.39, 0.29) is 0 Å². The van der Waals surface area contributed by atoms with Gasteiger partial charge in [-0.05, 0) is 30.3 Å². The number of hydrogen-bond acceptors (Lipinski definition) is 3. The number of aromatic nitrogens is 2. The zero-order valence-electron chi connectivity index (χ0n) is 8.93. The van der Waals surface area contributed by atoms with Crippen LogP contribution in [-0.4, -0.2) is 28.9 Å². The fourth-order valence-corrected chi connectivity index (χ4v) is 1.76. The maximum absolute atomic E-state index is 4.19. The van der Waals surface area contributed by atoms with Crippen molar-refractivity contribution in [3.8, 4) is 5.69 Å². The van der Waals surface area contributed by atoms with E-state index in [4.69, 9.17) is 0 Å². The number of nitrogens with zero attached hydrogens (tertiary/aromatic N) is 2. The first kappa shape index (κ1) is 9.42. The van der Waals surface area contributed by atoms with Crippen LogP contribution in [0.3, 0.4) is 0 Å². The quantitative estimate of drug-likeness (QED) is 0.808. The third kappa shape index (κ3) is 1.79. The third-order valence-electron chi connectivity index (χ3n) is 2.79.